The Bertz CT molecular complexity index is 955. The Hall–Kier alpha value is -1.81. The topological polar surface area (TPSA) is 79.8 Å². The Labute approximate surface area is 197 Å². The molecule has 0 radical (unpaired) electrons. The third-order valence-electron chi connectivity index (χ3n) is 4.26. The maximum atomic E-state index is 11.7. The number of guanidine groups is 1. The first-order chi connectivity index (χ1) is 13.7. The van der Waals surface area contributed by atoms with Gasteiger partial charge in [0.25, 0.3) is 0 Å². The molecule has 0 saturated carbocycles. The SMILES string of the molecule is CCNC(=NCc1ccc(S(C)(=O)=O)c(C)c1)NCCOc1cc(C)cc(C)c1.I. The molecule has 0 bridgehead atoms. The molecule has 2 N–H and O–H groups in total. The van der Waals surface area contributed by atoms with E-state index in [1.165, 1.54) is 17.4 Å². The predicted molar refractivity (Wildman–Crippen MR) is 134 cm³/mol. The van der Waals surface area contributed by atoms with Gasteiger partial charge in [0.05, 0.1) is 18.0 Å². The van der Waals surface area contributed by atoms with Crippen LogP contribution in [0.3, 0.4) is 0 Å². The first kappa shape index (κ1) is 26.2. The van der Waals surface area contributed by atoms with Crippen LogP contribution in [0.15, 0.2) is 46.3 Å². The van der Waals surface area contributed by atoms with Gasteiger partial charge < -0.3 is 15.4 Å². The number of aliphatic imine (C=N–C) groups is 1. The van der Waals surface area contributed by atoms with E-state index in [2.05, 4.69) is 35.5 Å². The van der Waals surface area contributed by atoms with E-state index in [0.29, 0.717) is 30.6 Å². The molecule has 2 aromatic rings. The summed E-state index contributed by atoms with van der Waals surface area (Å²) in [6, 6.07) is 11.5. The third kappa shape index (κ3) is 8.51. The van der Waals surface area contributed by atoms with Crippen LogP contribution in [-0.2, 0) is 16.4 Å². The van der Waals surface area contributed by atoms with Crippen LogP contribution in [-0.4, -0.2) is 40.3 Å². The zero-order chi connectivity index (χ0) is 21.4. The number of sulfone groups is 1. The van der Waals surface area contributed by atoms with Gasteiger partial charge in [0.2, 0.25) is 0 Å². The van der Waals surface area contributed by atoms with Crippen LogP contribution < -0.4 is 15.4 Å². The van der Waals surface area contributed by atoms with Crippen molar-refractivity contribution in [2.75, 3.05) is 26.0 Å². The summed E-state index contributed by atoms with van der Waals surface area (Å²) in [4.78, 5) is 4.94. The summed E-state index contributed by atoms with van der Waals surface area (Å²) in [7, 11) is -3.21. The van der Waals surface area contributed by atoms with Crippen molar-refractivity contribution in [3.63, 3.8) is 0 Å². The van der Waals surface area contributed by atoms with E-state index in [4.69, 9.17) is 4.74 Å². The summed E-state index contributed by atoms with van der Waals surface area (Å²) in [5.74, 6) is 1.56. The predicted octanol–water partition coefficient (Wildman–Crippen LogP) is 3.77. The molecule has 0 saturated heterocycles. The smallest absolute Gasteiger partial charge is 0.191 e. The Morgan fingerprint density at radius 1 is 1.03 bits per heavy atom. The van der Waals surface area contributed by atoms with Gasteiger partial charge in [-0.1, -0.05) is 18.2 Å². The van der Waals surface area contributed by atoms with Gasteiger partial charge in [0, 0.05) is 12.8 Å². The van der Waals surface area contributed by atoms with Crippen LogP contribution >= 0.6 is 24.0 Å². The third-order valence-corrected chi connectivity index (χ3v) is 5.52. The largest absolute Gasteiger partial charge is 0.492 e. The van der Waals surface area contributed by atoms with E-state index in [1.807, 2.05) is 25.1 Å². The van der Waals surface area contributed by atoms with Crippen molar-refractivity contribution in [3.05, 3.63) is 58.7 Å². The van der Waals surface area contributed by atoms with E-state index in [1.54, 1.807) is 19.1 Å². The fourth-order valence-corrected chi connectivity index (χ4v) is 4.05. The number of halogens is 1. The number of ether oxygens (including phenoxy) is 1. The van der Waals surface area contributed by atoms with Crippen molar-refractivity contribution in [3.8, 4) is 5.75 Å². The monoisotopic (exact) mass is 545 g/mol. The fourth-order valence-electron chi connectivity index (χ4n) is 3.09. The normalized spacial score (nSPS) is 11.6. The average molecular weight is 545 g/mol. The summed E-state index contributed by atoms with van der Waals surface area (Å²) < 4.78 is 29.3. The quantitative estimate of drug-likeness (QED) is 0.229. The molecule has 2 aromatic carbocycles. The molecule has 0 fully saturated rings. The molecule has 0 atom stereocenters. The Balaban J connectivity index is 0.00000450. The minimum Gasteiger partial charge on any atom is -0.492 e. The maximum absolute atomic E-state index is 11.7. The fraction of sp³-hybridized carbons (Fsp3) is 0.409. The number of rotatable bonds is 8. The van der Waals surface area contributed by atoms with Crippen LogP contribution in [0.2, 0.25) is 0 Å². The number of nitrogens with zero attached hydrogens (tertiary/aromatic N) is 1. The number of hydrogen-bond donors (Lipinski definition) is 2. The highest BCUT2D eigenvalue weighted by atomic mass is 127. The second-order valence-corrected chi connectivity index (χ2v) is 9.15. The van der Waals surface area contributed by atoms with Gasteiger partial charge in [-0.15, -0.1) is 24.0 Å². The Morgan fingerprint density at radius 2 is 1.70 bits per heavy atom. The van der Waals surface area contributed by atoms with Crippen LogP contribution in [0.4, 0.5) is 0 Å². The zero-order valence-corrected chi connectivity index (χ0v) is 21.4. The van der Waals surface area contributed by atoms with Crippen LogP contribution in [0, 0.1) is 20.8 Å². The molecule has 0 aliphatic carbocycles. The number of nitrogens with one attached hydrogen (secondary N) is 2. The zero-order valence-electron chi connectivity index (χ0n) is 18.3. The molecule has 0 aliphatic rings. The van der Waals surface area contributed by atoms with E-state index >= 15 is 0 Å². The lowest BCUT2D eigenvalue weighted by atomic mass is 10.1. The molecule has 0 unspecified atom stereocenters. The molecule has 6 nitrogen and oxygen atoms in total. The highest BCUT2D eigenvalue weighted by molar-refractivity contribution is 14.0. The highest BCUT2D eigenvalue weighted by Crippen LogP contribution is 2.17. The molecule has 166 valence electrons. The molecule has 2 rings (SSSR count). The molecule has 0 spiro atoms. The standard InChI is InChI=1S/C22H31N3O3S.HI/c1-6-23-22(24-9-10-28-20-12-16(2)11-17(3)13-20)25-15-19-7-8-21(18(4)14-19)29(5,26)27;/h7-8,11-14H,6,9-10,15H2,1-5H3,(H2,23,24,25);1H. The number of benzene rings is 2. The second kappa shape index (κ2) is 12.1. The van der Waals surface area contributed by atoms with Crippen LogP contribution in [0.1, 0.15) is 29.2 Å². The van der Waals surface area contributed by atoms with E-state index in [9.17, 15) is 8.42 Å². The van der Waals surface area contributed by atoms with Crippen molar-refractivity contribution >= 4 is 39.8 Å². The van der Waals surface area contributed by atoms with Gasteiger partial charge in [-0.05, 0) is 68.1 Å². The minimum atomic E-state index is -3.21. The maximum Gasteiger partial charge on any atom is 0.191 e. The molecule has 0 heterocycles. The highest BCUT2D eigenvalue weighted by Gasteiger charge is 2.10. The molecular weight excluding hydrogens is 513 g/mol. The van der Waals surface area contributed by atoms with Crippen LogP contribution in [0.25, 0.3) is 0 Å². The molecule has 0 amide bonds. The summed E-state index contributed by atoms with van der Waals surface area (Å²) >= 11 is 0. The van der Waals surface area contributed by atoms with Gasteiger partial charge in [0.1, 0.15) is 12.4 Å². The van der Waals surface area contributed by atoms with Gasteiger partial charge in [-0.3, -0.25) is 0 Å². The molecule has 30 heavy (non-hydrogen) atoms. The van der Waals surface area contributed by atoms with Gasteiger partial charge in [0.15, 0.2) is 15.8 Å². The minimum absolute atomic E-state index is 0. The van der Waals surface area contributed by atoms with E-state index < -0.39 is 9.84 Å². The lowest BCUT2D eigenvalue weighted by Gasteiger charge is -2.13. The van der Waals surface area contributed by atoms with E-state index in [-0.39, 0.29) is 24.0 Å². The molecule has 0 aliphatic heterocycles. The van der Waals surface area contributed by atoms with Crippen molar-refractivity contribution in [2.24, 2.45) is 4.99 Å². The first-order valence-corrected chi connectivity index (χ1v) is 11.6. The lowest BCUT2D eigenvalue weighted by Crippen LogP contribution is -2.39. The molecule has 0 aromatic heterocycles. The van der Waals surface area contributed by atoms with Gasteiger partial charge in [-0.2, -0.15) is 0 Å². The molecular formula is C22H32IN3O3S. The van der Waals surface area contributed by atoms with Crippen molar-refractivity contribution in [1.82, 2.24) is 10.6 Å². The summed E-state index contributed by atoms with van der Waals surface area (Å²) in [6.45, 7) is 10.3. The van der Waals surface area contributed by atoms with E-state index in [0.717, 1.165) is 23.4 Å². The molecule has 8 heteroatoms. The number of aryl methyl sites for hydroxylation is 3. The van der Waals surface area contributed by atoms with Crippen molar-refractivity contribution in [2.45, 2.75) is 39.1 Å². The van der Waals surface area contributed by atoms with Crippen LogP contribution in [0.5, 0.6) is 5.75 Å². The second-order valence-electron chi connectivity index (χ2n) is 7.17. The summed E-state index contributed by atoms with van der Waals surface area (Å²) in [6.07, 6.45) is 1.22. The lowest BCUT2D eigenvalue weighted by molar-refractivity contribution is 0.321. The summed E-state index contributed by atoms with van der Waals surface area (Å²) in [5, 5.41) is 6.47. The van der Waals surface area contributed by atoms with Gasteiger partial charge >= 0.3 is 0 Å². The number of hydrogen-bond acceptors (Lipinski definition) is 4. The van der Waals surface area contributed by atoms with Crippen molar-refractivity contribution in [1.29, 1.82) is 0 Å². The van der Waals surface area contributed by atoms with Crippen molar-refractivity contribution < 1.29 is 13.2 Å². The Kier molecular flexibility index (Phi) is 10.6. The first-order valence-electron chi connectivity index (χ1n) is 9.72. The summed E-state index contributed by atoms with van der Waals surface area (Å²) in [5.41, 5.74) is 4.05. The van der Waals surface area contributed by atoms with Gasteiger partial charge in [-0.25, -0.2) is 13.4 Å². The Morgan fingerprint density at radius 3 is 2.27 bits per heavy atom. The average Bonchev–Trinajstić information content (AvgIpc) is 2.61.